The van der Waals surface area contributed by atoms with Gasteiger partial charge in [-0.05, 0) is 12.3 Å². The molecule has 13 heavy (non-hydrogen) atoms. The Morgan fingerprint density at radius 1 is 1.54 bits per heavy atom. The molecule has 0 unspecified atom stereocenters. The summed E-state index contributed by atoms with van der Waals surface area (Å²) in [7, 11) is -3.01. The van der Waals surface area contributed by atoms with E-state index in [4.69, 9.17) is 5.73 Å². The van der Waals surface area contributed by atoms with E-state index >= 15 is 0 Å². The second kappa shape index (κ2) is 3.94. The first-order valence-corrected chi connectivity index (χ1v) is 6.50. The van der Waals surface area contributed by atoms with Crippen LogP contribution in [0.4, 0.5) is 0 Å². The van der Waals surface area contributed by atoms with E-state index < -0.39 is 10.0 Å². The van der Waals surface area contributed by atoms with Gasteiger partial charge in [0.15, 0.2) is 0 Å². The molecule has 0 radical (unpaired) electrons. The Labute approximate surface area is 80.1 Å². The number of nitrogens with two attached hydrogens (primary N) is 1. The first kappa shape index (κ1) is 10.9. The van der Waals surface area contributed by atoms with Crippen molar-refractivity contribution >= 4 is 10.0 Å². The summed E-state index contributed by atoms with van der Waals surface area (Å²) in [5, 5.41) is 0. The van der Waals surface area contributed by atoms with Crippen LogP contribution in [0.1, 0.15) is 19.8 Å². The summed E-state index contributed by atoms with van der Waals surface area (Å²) < 4.78 is 24.0. The summed E-state index contributed by atoms with van der Waals surface area (Å²) in [5.41, 5.74) is 5.87. The average Bonchev–Trinajstić information content (AvgIpc) is 2.03. The van der Waals surface area contributed by atoms with Gasteiger partial charge in [-0.1, -0.05) is 13.3 Å². The van der Waals surface area contributed by atoms with Crippen LogP contribution in [0.25, 0.3) is 0 Å². The van der Waals surface area contributed by atoms with Crippen LogP contribution in [0, 0.1) is 5.92 Å². The summed E-state index contributed by atoms with van der Waals surface area (Å²) in [6.45, 7) is 3.23. The molecule has 0 amide bonds. The van der Waals surface area contributed by atoms with E-state index in [1.54, 1.807) is 0 Å². The van der Waals surface area contributed by atoms with Crippen molar-refractivity contribution in [3.05, 3.63) is 0 Å². The fraction of sp³-hybridized carbons (Fsp3) is 1.00. The van der Waals surface area contributed by atoms with Crippen LogP contribution >= 0.6 is 0 Å². The van der Waals surface area contributed by atoms with E-state index in [9.17, 15) is 8.42 Å². The molecule has 1 heterocycles. The maximum absolute atomic E-state index is 11.2. The first-order chi connectivity index (χ1) is 5.95. The van der Waals surface area contributed by atoms with E-state index in [0.29, 0.717) is 19.0 Å². The monoisotopic (exact) mass is 206 g/mol. The summed E-state index contributed by atoms with van der Waals surface area (Å²) >= 11 is 0. The molecule has 0 spiro atoms. The molecule has 2 atom stereocenters. The molecule has 78 valence electrons. The highest BCUT2D eigenvalue weighted by molar-refractivity contribution is 7.88. The molecule has 0 aromatic heterocycles. The predicted molar refractivity (Wildman–Crippen MR) is 52.8 cm³/mol. The molecule has 4 nitrogen and oxygen atoms in total. The molecular weight excluding hydrogens is 188 g/mol. The summed E-state index contributed by atoms with van der Waals surface area (Å²) in [6.07, 6.45) is 3.00. The van der Waals surface area contributed by atoms with Crippen molar-refractivity contribution in [2.75, 3.05) is 19.3 Å². The summed E-state index contributed by atoms with van der Waals surface area (Å²) in [4.78, 5) is 0. The van der Waals surface area contributed by atoms with Crippen LogP contribution in [0.15, 0.2) is 0 Å². The maximum Gasteiger partial charge on any atom is 0.211 e. The topological polar surface area (TPSA) is 63.4 Å². The number of piperidine rings is 1. The van der Waals surface area contributed by atoms with Gasteiger partial charge in [-0.15, -0.1) is 0 Å². The number of rotatable bonds is 2. The summed E-state index contributed by atoms with van der Waals surface area (Å²) in [6, 6.07) is 0.169. The van der Waals surface area contributed by atoms with Gasteiger partial charge in [-0.25, -0.2) is 12.7 Å². The van der Waals surface area contributed by atoms with Gasteiger partial charge in [-0.3, -0.25) is 0 Å². The quantitative estimate of drug-likeness (QED) is 0.692. The lowest BCUT2D eigenvalue weighted by atomic mass is 9.92. The normalized spacial score (nSPS) is 31.9. The lowest BCUT2D eigenvalue weighted by molar-refractivity contribution is 0.231. The van der Waals surface area contributed by atoms with Crippen LogP contribution in [0.3, 0.4) is 0 Å². The van der Waals surface area contributed by atoms with E-state index in [-0.39, 0.29) is 6.04 Å². The Bertz CT molecular complexity index is 263. The van der Waals surface area contributed by atoms with Crippen molar-refractivity contribution in [1.82, 2.24) is 4.31 Å². The van der Waals surface area contributed by atoms with Crippen molar-refractivity contribution < 1.29 is 8.42 Å². The van der Waals surface area contributed by atoms with Gasteiger partial charge in [0, 0.05) is 19.1 Å². The molecule has 2 N–H and O–H groups in total. The number of hydrogen-bond donors (Lipinski definition) is 1. The lowest BCUT2D eigenvalue weighted by Gasteiger charge is -2.34. The zero-order valence-electron chi connectivity index (χ0n) is 8.23. The molecule has 1 fully saturated rings. The van der Waals surface area contributed by atoms with Gasteiger partial charge < -0.3 is 5.73 Å². The van der Waals surface area contributed by atoms with Gasteiger partial charge >= 0.3 is 0 Å². The van der Waals surface area contributed by atoms with Gasteiger partial charge in [0.05, 0.1) is 6.26 Å². The zero-order valence-corrected chi connectivity index (χ0v) is 9.05. The van der Waals surface area contributed by atoms with Crippen molar-refractivity contribution in [1.29, 1.82) is 0 Å². The summed E-state index contributed by atoms with van der Waals surface area (Å²) in [5.74, 6) is 0.323. The molecule has 0 aromatic rings. The predicted octanol–water partition coefficient (Wildman–Crippen LogP) is 0.00520. The Morgan fingerprint density at radius 3 is 2.62 bits per heavy atom. The molecule has 0 bridgehead atoms. The smallest absolute Gasteiger partial charge is 0.211 e. The van der Waals surface area contributed by atoms with Gasteiger partial charge in [0.25, 0.3) is 0 Å². The highest BCUT2D eigenvalue weighted by Crippen LogP contribution is 2.20. The average molecular weight is 206 g/mol. The van der Waals surface area contributed by atoms with Crippen molar-refractivity contribution in [3.8, 4) is 0 Å². The fourth-order valence-corrected chi connectivity index (χ4v) is 2.65. The third-order valence-corrected chi connectivity index (χ3v) is 4.02. The van der Waals surface area contributed by atoms with E-state index in [2.05, 4.69) is 6.92 Å². The number of hydrogen-bond acceptors (Lipinski definition) is 3. The van der Waals surface area contributed by atoms with Crippen LogP contribution in [0.2, 0.25) is 0 Å². The molecule has 5 heteroatoms. The van der Waals surface area contributed by atoms with E-state index in [0.717, 1.165) is 12.8 Å². The largest absolute Gasteiger partial charge is 0.327 e. The molecule has 0 saturated carbocycles. The fourth-order valence-electron chi connectivity index (χ4n) is 1.75. The Balaban J connectivity index is 2.65. The lowest BCUT2D eigenvalue weighted by Crippen LogP contribution is -2.48. The number of nitrogens with zero attached hydrogens (tertiary/aromatic N) is 1. The molecule has 0 aromatic carbocycles. The van der Waals surface area contributed by atoms with E-state index in [1.165, 1.54) is 10.6 Å². The molecule has 1 saturated heterocycles. The highest BCUT2D eigenvalue weighted by Gasteiger charge is 2.29. The van der Waals surface area contributed by atoms with Crippen LogP contribution < -0.4 is 5.73 Å². The standard InChI is InChI=1S/C8H18N2O2S/c1-3-7-6-10(13(2,11)12)5-4-8(7)9/h7-8H,3-6,9H2,1-2H3/t7-,8+/m1/s1. The minimum absolute atomic E-state index is 0.169. The van der Waals surface area contributed by atoms with Gasteiger partial charge in [-0.2, -0.15) is 0 Å². The second-order valence-electron chi connectivity index (χ2n) is 3.74. The van der Waals surface area contributed by atoms with Crippen LogP contribution in [-0.4, -0.2) is 38.1 Å². The first-order valence-electron chi connectivity index (χ1n) is 4.66. The van der Waals surface area contributed by atoms with Crippen molar-refractivity contribution in [3.63, 3.8) is 0 Å². The highest BCUT2D eigenvalue weighted by atomic mass is 32.2. The van der Waals surface area contributed by atoms with Gasteiger partial charge in [0.2, 0.25) is 10.0 Å². The number of sulfonamides is 1. The van der Waals surface area contributed by atoms with Crippen LogP contribution in [0.5, 0.6) is 0 Å². The zero-order chi connectivity index (χ0) is 10.1. The minimum atomic E-state index is -3.01. The third-order valence-electron chi connectivity index (χ3n) is 2.75. The van der Waals surface area contributed by atoms with Gasteiger partial charge in [0.1, 0.15) is 0 Å². The SMILES string of the molecule is CC[C@@H]1CN(S(C)(=O)=O)CC[C@@H]1N. The Morgan fingerprint density at radius 2 is 2.15 bits per heavy atom. The minimum Gasteiger partial charge on any atom is -0.327 e. The molecule has 1 rings (SSSR count). The third kappa shape index (κ3) is 2.65. The Hall–Kier alpha value is -0.130. The second-order valence-corrected chi connectivity index (χ2v) is 5.72. The molecule has 1 aliphatic rings. The Kier molecular flexibility index (Phi) is 3.32. The maximum atomic E-state index is 11.2. The molecule has 0 aliphatic carbocycles. The molecule has 1 aliphatic heterocycles. The van der Waals surface area contributed by atoms with Crippen molar-refractivity contribution in [2.45, 2.75) is 25.8 Å². The van der Waals surface area contributed by atoms with E-state index in [1.807, 2.05) is 0 Å². The van der Waals surface area contributed by atoms with Crippen molar-refractivity contribution in [2.24, 2.45) is 11.7 Å². The van der Waals surface area contributed by atoms with Crippen LogP contribution in [-0.2, 0) is 10.0 Å². The molecular formula is C8H18N2O2S.